The number of nitrogens with zero attached hydrogens (tertiary/aromatic N) is 2. The van der Waals surface area contributed by atoms with E-state index in [1.165, 1.54) is 24.4 Å². The Morgan fingerprint density at radius 3 is 2.71 bits per heavy atom. The summed E-state index contributed by atoms with van der Waals surface area (Å²) in [6.45, 7) is 1.89. The average Bonchev–Trinajstić information content (AvgIpc) is 2.43. The van der Waals surface area contributed by atoms with E-state index in [1.54, 1.807) is 12.1 Å². The van der Waals surface area contributed by atoms with Gasteiger partial charge in [0.25, 0.3) is 0 Å². The monoisotopic (exact) mass is 353 g/mol. The van der Waals surface area contributed by atoms with Crippen molar-refractivity contribution in [2.24, 2.45) is 0 Å². The van der Waals surface area contributed by atoms with Gasteiger partial charge in [0.05, 0.1) is 4.92 Å². The lowest BCUT2D eigenvalue weighted by atomic mass is 10.1. The lowest BCUT2D eigenvalue weighted by molar-refractivity contribution is -0.384. The molecule has 0 saturated carbocycles. The first-order chi connectivity index (χ1) is 9.95. The van der Waals surface area contributed by atoms with E-state index in [0.29, 0.717) is 10.9 Å². The van der Waals surface area contributed by atoms with Gasteiger partial charge in [-0.15, -0.1) is 0 Å². The van der Waals surface area contributed by atoms with Crippen LogP contribution in [0.15, 0.2) is 41.0 Å². The minimum Gasteiger partial charge on any atom is -0.362 e. The van der Waals surface area contributed by atoms with Gasteiger partial charge in [-0.05, 0) is 47.0 Å². The molecule has 0 fully saturated rings. The minimum absolute atomic E-state index is 0.0807. The largest absolute Gasteiger partial charge is 0.362 e. The number of nitrogens with one attached hydrogen (secondary N) is 1. The highest BCUT2D eigenvalue weighted by molar-refractivity contribution is 9.10. The first kappa shape index (κ1) is 15.4. The highest BCUT2D eigenvalue weighted by Gasteiger charge is 2.17. The predicted octanol–water partition coefficient (Wildman–Crippen LogP) is 3.93. The van der Waals surface area contributed by atoms with E-state index in [-0.39, 0.29) is 23.4 Å². The Bertz CT molecular complexity index is 649. The summed E-state index contributed by atoms with van der Waals surface area (Å²) < 4.78 is 13.4. The van der Waals surface area contributed by atoms with Gasteiger partial charge in [-0.1, -0.05) is 12.1 Å². The van der Waals surface area contributed by atoms with Crippen LogP contribution in [0.5, 0.6) is 0 Å². The molecular weight excluding hydrogens is 341 g/mol. The van der Waals surface area contributed by atoms with Crippen molar-refractivity contribution < 1.29 is 9.31 Å². The van der Waals surface area contributed by atoms with Crippen molar-refractivity contribution in [3.63, 3.8) is 0 Å². The van der Waals surface area contributed by atoms with E-state index < -0.39 is 4.92 Å². The fraction of sp³-hybridized carbons (Fsp3) is 0.214. The van der Waals surface area contributed by atoms with Crippen LogP contribution in [0.1, 0.15) is 12.5 Å². The van der Waals surface area contributed by atoms with Crippen LogP contribution in [0.25, 0.3) is 0 Å². The predicted molar refractivity (Wildman–Crippen MR) is 81.8 cm³/mol. The van der Waals surface area contributed by atoms with Gasteiger partial charge >= 0.3 is 5.69 Å². The molecule has 0 aliphatic heterocycles. The molecule has 1 aromatic carbocycles. The fourth-order valence-corrected chi connectivity index (χ4v) is 2.26. The third-order valence-corrected chi connectivity index (χ3v) is 3.30. The summed E-state index contributed by atoms with van der Waals surface area (Å²) >= 11 is 3.16. The molecule has 21 heavy (non-hydrogen) atoms. The zero-order valence-corrected chi connectivity index (χ0v) is 12.8. The lowest BCUT2D eigenvalue weighted by Gasteiger charge is -2.14. The van der Waals surface area contributed by atoms with Crippen molar-refractivity contribution in [3.05, 3.63) is 62.5 Å². The number of rotatable bonds is 5. The smallest absolute Gasteiger partial charge is 0.312 e. The van der Waals surface area contributed by atoms with Crippen LogP contribution in [-0.4, -0.2) is 15.9 Å². The van der Waals surface area contributed by atoms with Crippen LogP contribution >= 0.6 is 15.9 Å². The molecule has 0 saturated heterocycles. The number of hydrogen-bond donors (Lipinski definition) is 1. The van der Waals surface area contributed by atoms with Crippen molar-refractivity contribution in [1.82, 2.24) is 4.98 Å². The molecule has 0 radical (unpaired) electrons. The van der Waals surface area contributed by atoms with Crippen LogP contribution < -0.4 is 5.32 Å². The van der Waals surface area contributed by atoms with Crippen molar-refractivity contribution in [1.29, 1.82) is 0 Å². The third kappa shape index (κ3) is 4.22. The van der Waals surface area contributed by atoms with E-state index in [0.717, 1.165) is 5.56 Å². The highest BCUT2D eigenvalue weighted by Crippen LogP contribution is 2.26. The Morgan fingerprint density at radius 2 is 2.10 bits per heavy atom. The molecular formula is C14H13BrFN3O2. The van der Waals surface area contributed by atoms with Crippen LogP contribution in [0.2, 0.25) is 0 Å². The van der Waals surface area contributed by atoms with Crippen molar-refractivity contribution >= 4 is 27.4 Å². The number of hydrogen-bond acceptors (Lipinski definition) is 4. The SMILES string of the molecule is CC(Cc1ccc(F)cc1)Nc1ncc(Br)cc1[N+](=O)[O-]. The first-order valence-electron chi connectivity index (χ1n) is 6.26. The van der Waals surface area contributed by atoms with Gasteiger partial charge in [-0.25, -0.2) is 9.37 Å². The minimum atomic E-state index is -0.481. The average molecular weight is 354 g/mol. The summed E-state index contributed by atoms with van der Waals surface area (Å²) in [5.74, 6) is -0.0672. The van der Waals surface area contributed by atoms with Gasteiger partial charge < -0.3 is 5.32 Å². The maximum absolute atomic E-state index is 12.8. The van der Waals surface area contributed by atoms with E-state index in [9.17, 15) is 14.5 Å². The van der Waals surface area contributed by atoms with Crippen LogP contribution in [0.3, 0.4) is 0 Å². The molecule has 1 heterocycles. The van der Waals surface area contributed by atoms with Gasteiger partial charge in [0.1, 0.15) is 5.82 Å². The van der Waals surface area contributed by atoms with Gasteiger partial charge in [0.15, 0.2) is 0 Å². The van der Waals surface area contributed by atoms with Gasteiger partial charge in [0.2, 0.25) is 5.82 Å². The number of halogens is 2. The number of benzene rings is 1. The van der Waals surface area contributed by atoms with Gasteiger partial charge in [-0.2, -0.15) is 0 Å². The summed E-state index contributed by atoms with van der Waals surface area (Å²) in [7, 11) is 0. The van der Waals surface area contributed by atoms with Crippen molar-refractivity contribution in [3.8, 4) is 0 Å². The summed E-state index contributed by atoms with van der Waals surface area (Å²) in [6, 6.07) is 7.49. The van der Waals surface area contributed by atoms with Crippen LogP contribution in [-0.2, 0) is 6.42 Å². The molecule has 7 heteroatoms. The maximum atomic E-state index is 12.8. The number of pyridine rings is 1. The molecule has 1 atom stereocenters. The zero-order valence-electron chi connectivity index (χ0n) is 11.2. The Hall–Kier alpha value is -2.02. The van der Waals surface area contributed by atoms with Gasteiger partial charge in [0, 0.05) is 22.8 Å². The third-order valence-electron chi connectivity index (χ3n) is 2.87. The Kier molecular flexibility index (Phi) is 4.85. The van der Waals surface area contributed by atoms with E-state index in [1.807, 2.05) is 6.92 Å². The molecule has 0 aliphatic carbocycles. The summed E-state index contributed by atoms with van der Waals surface area (Å²) in [5, 5.41) is 14.0. The van der Waals surface area contributed by atoms with E-state index in [4.69, 9.17) is 0 Å². The Morgan fingerprint density at radius 1 is 1.43 bits per heavy atom. The van der Waals surface area contributed by atoms with Crippen molar-refractivity contribution in [2.45, 2.75) is 19.4 Å². The molecule has 0 amide bonds. The topological polar surface area (TPSA) is 68.1 Å². The second-order valence-electron chi connectivity index (χ2n) is 4.65. The Balaban J connectivity index is 2.10. The fourth-order valence-electron chi connectivity index (χ4n) is 1.94. The molecule has 2 rings (SSSR count). The summed E-state index contributed by atoms with van der Waals surface area (Å²) in [4.78, 5) is 14.6. The van der Waals surface area contributed by atoms with Crippen molar-refractivity contribution in [2.75, 3.05) is 5.32 Å². The number of aromatic nitrogens is 1. The molecule has 5 nitrogen and oxygen atoms in total. The normalized spacial score (nSPS) is 12.0. The standard InChI is InChI=1S/C14H13BrFN3O2/c1-9(6-10-2-4-12(16)5-3-10)18-14-13(19(20)21)7-11(15)8-17-14/h2-5,7-9H,6H2,1H3,(H,17,18). The number of anilines is 1. The second kappa shape index (κ2) is 6.62. The van der Waals surface area contributed by atoms with Gasteiger partial charge in [-0.3, -0.25) is 10.1 Å². The lowest BCUT2D eigenvalue weighted by Crippen LogP contribution is -2.19. The molecule has 1 unspecified atom stereocenters. The summed E-state index contributed by atoms with van der Waals surface area (Å²) in [5.41, 5.74) is 0.853. The van der Waals surface area contributed by atoms with Crippen LogP contribution in [0.4, 0.5) is 15.9 Å². The quantitative estimate of drug-likeness (QED) is 0.653. The van der Waals surface area contributed by atoms with E-state index >= 15 is 0 Å². The highest BCUT2D eigenvalue weighted by atomic mass is 79.9. The molecule has 1 aromatic heterocycles. The molecule has 0 spiro atoms. The number of nitro groups is 1. The van der Waals surface area contributed by atoms with Crippen LogP contribution in [0, 0.1) is 15.9 Å². The molecule has 0 aliphatic rings. The second-order valence-corrected chi connectivity index (χ2v) is 5.57. The first-order valence-corrected chi connectivity index (χ1v) is 7.06. The molecule has 1 N–H and O–H groups in total. The van der Waals surface area contributed by atoms with E-state index in [2.05, 4.69) is 26.2 Å². The summed E-state index contributed by atoms with van der Waals surface area (Å²) in [6.07, 6.45) is 2.11. The molecule has 110 valence electrons. The zero-order chi connectivity index (χ0) is 15.4. The maximum Gasteiger partial charge on any atom is 0.312 e. The molecule has 0 bridgehead atoms. The Labute approximate surface area is 129 Å². The molecule has 2 aromatic rings.